The number of esters is 1. The Morgan fingerprint density at radius 3 is 2.32 bits per heavy atom. The van der Waals surface area contributed by atoms with Crippen molar-refractivity contribution in [2.75, 3.05) is 27.2 Å². The Balaban J connectivity index is 2.05. The maximum atomic E-state index is 13.9. The first kappa shape index (κ1) is 21.6. The molecule has 0 saturated carbocycles. The molecular formula is C22H27FN2O3. The lowest BCUT2D eigenvalue weighted by Gasteiger charge is -2.27. The van der Waals surface area contributed by atoms with Crippen LogP contribution in [0.25, 0.3) is 0 Å². The summed E-state index contributed by atoms with van der Waals surface area (Å²) < 4.78 is 18.7. The van der Waals surface area contributed by atoms with Gasteiger partial charge >= 0.3 is 5.97 Å². The Labute approximate surface area is 165 Å². The normalized spacial score (nSPS) is 11.9. The van der Waals surface area contributed by atoms with Gasteiger partial charge in [-0.2, -0.15) is 0 Å². The van der Waals surface area contributed by atoms with E-state index in [1.54, 1.807) is 32.2 Å². The predicted octanol–water partition coefficient (Wildman–Crippen LogP) is 3.10. The Bertz CT molecular complexity index is 782. The van der Waals surface area contributed by atoms with Gasteiger partial charge in [-0.25, -0.2) is 4.39 Å². The van der Waals surface area contributed by atoms with E-state index in [0.717, 1.165) is 5.56 Å². The summed E-state index contributed by atoms with van der Waals surface area (Å²) in [5, 5.41) is 0. The lowest BCUT2D eigenvalue weighted by molar-refractivity contribution is -0.146. The molecule has 0 aliphatic rings. The van der Waals surface area contributed by atoms with Crippen LogP contribution in [0.3, 0.4) is 0 Å². The number of rotatable bonds is 9. The van der Waals surface area contributed by atoms with Crippen LogP contribution in [-0.4, -0.2) is 48.9 Å². The van der Waals surface area contributed by atoms with Crippen LogP contribution in [0.1, 0.15) is 18.1 Å². The SMILES string of the molecule is COC(=O)C(C)CN(CC(=O)N(C)Cc1ccccc1F)Cc1ccccc1. The molecular weight excluding hydrogens is 359 g/mol. The van der Waals surface area contributed by atoms with E-state index in [1.165, 1.54) is 18.1 Å². The van der Waals surface area contributed by atoms with Crippen molar-refractivity contribution >= 4 is 11.9 Å². The van der Waals surface area contributed by atoms with Crippen molar-refractivity contribution in [3.63, 3.8) is 0 Å². The third-order valence-electron chi connectivity index (χ3n) is 4.53. The molecule has 5 nitrogen and oxygen atoms in total. The number of likely N-dealkylation sites (N-methyl/N-ethyl adjacent to an activating group) is 1. The fraction of sp³-hybridized carbons (Fsp3) is 0.364. The highest BCUT2D eigenvalue weighted by Crippen LogP contribution is 2.12. The van der Waals surface area contributed by atoms with Crippen molar-refractivity contribution in [2.24, 2.45) is 5.92 Å². The van der Waals surface area contributed by atoms with Crippen LogP contribution < -0.4 is 0 Å². The average Bonchev–Trinajstić information content (AvgIpc) is 2.69. The minimum Gasteiger partial charge on any atom is -0.469 e. The number of hydrogen-bond acceptors (Lipinski definition) is 4. The lowest BCUT2D eigenvalue weighted by Crippen LogP contribution is -2.41. The zero-order valence-corrected chi connectivity index (χ0v) is 16.6. The number of ether oxygens (including phenoxy) is 1. The highest BCUT2D eigenvalue weighted by Gasteiger charge is 2.21. The third kappa shape index (κ3) is 6.46. The molecule has 0 aliphatic carbocycles. The monoisotopic (exact) mass is 386 g/mol. The molecule has 0 N–H and O–H groups in total. The molecule has 28 heavy (non-hydrogen) atoms. The van der Waals surface area contributed by atoms with E-state index in [0.29, 0.717) is 18.7 Å². The fourth-order valence-corrected chi connectivity index (χ4v) is 2.97. The molecule has 0 saturated heterocycles. The van der Waals surface area contributed by atoms with Gasteiger partial charge in [-0.15, -0.1) is 0 Å². The van der Waals surface area contributed by atoms with Gasteiger partial charge in [0.05, 0.1) is 19.6 Å². The van der Waals surface area contributed by atoms with Gasteiger partial charge in [-0.05, 0) is 11.6 Å². The van der Waals surface area contributed by atoms with Crippen LogP contribution in [0.5, 0.6) is 0 Å². The minimum atomic E-state index is -0.363. The van der Waals surface area contributed by atoms with Crippen LogP contribution >= 0.6 is 0 Å². The predicted molar refractivity (Wildman–Crippen MR) is 106 cm³/mol. The summed E-state index contributed by atoms with van der Waals surface area (Å²) >= 11 is 0. The number of carbonyl (C=O) groups excluding carboxylic acids is 2. The molecule has 150 valence electrons. The summed E-state index contributed by atoms with van der Waals surface area (Å²) in [5.41, 5.74) is 1.51. The van der Waals surface area contributed by atoms with Gasteiger partial charge in [0.15, 0.2) is 0 Å². The Hall–Kier alpha value is -2.73. The van der Waals surface area contributed by atoms with Gasteiger partial charge in [0.2, 0.25) is 5.91 Å². The number of nitrogens with zero attached hydrogens (tertiary/aromatic N) is 2. The van der Waals surface area contributed by atoms with E-state index in [2.05, 4.69) is 0 Å². The molecule has 2 aromatic rings. The number of methoxy groups -OCH3 is 1. The minimum absolute atomic E-state index is 0.126. The summed E-state index contributed by atoms with van der Waals surface area (Å²) in [6.45, 7) is 3.01. The molecule has 2 aromatic carbocycles. The topological polar surface area (TPSA) is 49.9 Å². The summed E-state index contributed by atoms with van der Waals surface area (Å²) in [7, 11) is 3.01. The zero-order valence-electron chi connectivity index (χ0n) is 16.6. The molecule has 1 atom stereocenters. The largest absolute Gasteiger partial charge is 0.469 e. The van der Waals surface area contributed by atoms with Gasteiger partial charge in [-0.3, -0.25) is 14.5 Å². The second-order valence-corrected chi connectivity index (χ2v) is 6.92. The van der Waals surface area contributed by atoms with Crippen molar-refractivity contribution in [2.45, 2.75) is 20.0 Å². The molecule has 0 aromatic heterocycles. The third-order valence-corrected chi connectivity index (χ3v) is 4.53. The quantitative estimate of drug-likeness (QED) is 0.622. The maximum absolute atomic E-state index is 13.9. The number of amides is 1. The van der Waals surface area contributed by atoms with Gasteiger partial charge in [0.1, 0.15) is 5.82 Å². The molecule has 0 fully saturated rings. The smallest absolute Gasteiger partial charge is 0.309 e. The van der Waals surface area contributed by atoms with Crippen molar-refractivity contribution in [1.29, 1.82) is 0 Å². The second-order valence-electron chi connectivity index (χ2n) is 6.92. The molecule has 0 aliphatic heterocycles. The van der Waals surface area contributed by atoms with Crippen LogP contribution in [0.15, 0.2) is 54.6 Å². The Kier molecular flexibility index (Phi) is 8.14. The molecule has 1 unspecified atom stereocenters. The van der Waals surface area contributed by atoms with E-state index in [-0.39, 0.29) is 36.7 Å². The zero-order chi connectivity index (χ0) is 20.5. The van der Waals surface area contributed by atoms with Crippen LogP contribution in [0.2, 0.25) is 0 Å². The van der Waals surface area contributed by atoms with Gasteiger partial charge in [0, 0.05) is 32.2 Å². The Morgan fingerprint density at radius 2 is 1.68 bits per heavy atom. The van der Waals surface area contributed by atoms with E-state index in [9.17, 15) is 14.0 Å². The number of benzene rings is 2. The van der Waals surface area contributed by atoms with E-state index >= 15 is 0 Å². The van der Waals surface area contributed by atoms with E-state index in [1.807, 2.05) is 35.2 Å². The summed E-state index contributed by atoms with van der Waals surface area (Å²) in [6, 6.07) is 16.2. The fourth-order valence-electron chi connectivity index (χ4n) is 2.97. The summed E-state index contributed by atoms with van der Waals surface area (Å²) in [6.07, 6.45) is 0. The van der Waals surface area contributed by atoms with Crippen LogP contribution in [0, 0.1) is 11.7 Å². The van der Waals surface area contributed by atoms with Gasteiger partial charge in [0.25, 0.3) is 0 Å². The van der Waals surface area contributed by atoms with Crippen LogP contribution in [-0.2, 0) is 27.4 Å². The first-order chi connectivity index (χ1) is 13.4. The van der Waals surface area contributed by atoms with Crippen molar-refractivity contribution in [1.82, 2.24) is 9.80 Å². The standard InChI is InChI=1S/C22H27FN2O3/c1-17(22(27)28-3)13-25(14-18-9-5-4-6-10-18)16-21(26)24(2)15-19-11-7-8-12-20(19)23/h4-12,17H,13-16H2,1-3H3. The van der Waals surface area contributed by atoms with Crippen molar-refractivity contribution < 1.29 is 18.7 Å². The van der Waals surface area contributed by atoms with Gasteiger partial charge < -0.3 is 9.64 Å². The molecule has 0 spiro atoms. The highest BCUT2D eigenvalue weighted by molar-refractivity contribution is 5.78. The first-order valence-corrected chi connectivity index (χ1v) is 9.22. The van der Waals surface area contributed by atoms with Crippen molar-refractivity contribution in [3.8, 4) is 0 Å². The van der Waals surface area contributed by atoms with Crippen molar-refractivity contribution in [3.05, 3.63) is 71.5 Å². The number of halogens is 1. The molecule has 2 rings (SSSR count). The molecule has 0 radical (unpaired) electrons. The second kappa shape index (κ2) is 10.6. The highest BCUT2D eigenvalue weighted by atomic mass is 19.1. The summed E-state index contributed by atoms with van der Waals surface area (Å²) in [4.78, 5) is 28.0. The molecule has 6 heteroatoms. The average molecular weight is 386 g/mol. The van der Waals surface area contributed by atoms with E-state index < -0.39 is 0 Å². The molecule has 0 heterocycles. The number of carbonyl (C=O) groups is 2. The Morgan fingerprint density at radius 1 is 1.04 bits per heavy atom. The maximum Gasteiger partial charge on any atom is 0.309 e. The van der Waals surface area contributed by atoms with Gasteiger partial charge in [-0.1, -0.05) is 55.5 Å². The number of hydrogen-bond donors (Lipinski definition) is 0. The molecule has 1 amide bonds. The lowest BCUT2D eigenvalue weighted by atomic mass is 10.1. The summed E-state index contributed by atoms with van der Waals surface area (Å²) in [5.74, 6) is -1.15. The molecule has 0 bridgehead atoms. The van der Waals surface area contributed by atoms with Crippen LogP contribution in [0.4, 0.5) is 4.39 Å². The van der Waals surface area contributed by atoms with E-state index in [4.69, 9.17) is 4.74 Å². The first-order valence-electron chi connectivity index (χ1n) is 9.22.